The molecule has 0 bridgehead atoms. The van der Waals surface area contributed by atoms with Gasteiger partial charge in [0.25, 0.3) is 0 Å². The summed E-state index contributed by atoms with van der Waals surface area (Å²) >= 11 is -2.47. The molecule has 0 spiro atoms. The highest BCUT2D eigenvalue weighted by atomic mass is 32.2. The van der Waals surface area contributed by atoms with Gasteiger partial charge in [0.1, 0.15) is 4.90 Å². The predicted octanol–water partition coefficient (Wildman–Crippen LogP) is 4.77. The minimum Gasteiger partial charge on any atom is -0.355 e. The van der Waals surface area contributed by atoms with Gasteiger partial charge in [0, 0.05) is 10.9 Å². The zero-order chi connectivity index (χ0) is 18.7. The molecule has 1 atom stereocenters. The number of alkyl halides is 3. The van der Waals surface area contributed by atoms with Crippen LogP contribution in [0.1, 0.15) is 5.56 Å². The molecule has 3 aromatic rings. The van der Waals surface area contributed by atoms with Gasteiger partial charge in [-0.2, -0.15) is 13.2 Å². The second kappa shape index (κ2) is 7.27. The van der Waals surface area contributed by atoms with E-state index in [9.17, 15) is 21.9 Å². The summed E-state index contributed by atoms with van der Waals surface area (Å²) in [5, 5.41) is 4.28. The minimum atomic E-state index is -4.75. The third-order valence-corrected chi connectivity index (χ3v) is 4.34. The smallest absolute Gasteiger partial charge is 0.355 e. The lowest BCUT2D eigenvalue weighted by Crippen LogP contribution is -2.25. The number of hydrogen-bond donors (Lipinski definition) is 1. The number of oxime groups is 1. The molecule has 0 fully saturated rings. The number of hydrogen-bond acceptors (Lipinski definition) is 3. The normalized spacial score (nSPS) is 13.6. The first kappa shape index (κ1) is 18.1. The van der Waals surface area contributed by atoms with Crippen LogP contribution in [-0.2, 0) is 11.1 Å². The van der Waals surface area contributed by atoms with Crippen LogP contribution in [0.15, 0.2) is 76.8 Å². The largest absolute Gasteiger partial charge is 0.437 e. The fourth-order valence-electron chi connectivity index (χ4n) is 2.43. The molecule has 0 heterocycles. The van der Waals surface area contributed by atoms with Crippen LogP contribution >= 0.6 is 0 Å². The molecular weight excluding hydrogens is 367 g/mol. The molecule has 0 saturated carbocycles. The van der Waals surface area contributed by atoms with Gasteiger partial charge in [-0.15, -0.1) is 0 Å². The molecule has 26 heavy (non-hydrogen) atoms. The van der Waals surface area contributed by atoms with Crippen LogP contribution in [-0.4, -0.2) is 20.6 Å². The Labute approximate surface area is 149 Å². The monoisotopic (exact) mass is 379 g/mol. The quantitative estimate of drug-likeness (QED) is 0.404. The number of nitrogens with zero attached hydrogens (tertiary/aromatic N) is 1. The molecule has 8 heteroatoms. The average Bonchev–Trinajstić information content (AvgIpc) is 2.61. The molecule has 4 nitrogen and oxygen atoms in total. The van der Waals surface area contributed by atoms with E-state index in [0.29, 0.717) is 10.8 Å². The van der Waals surface area contributed by atoms with Crippen LogP contribution in [0.4, 0.5) is 13.2 Å². The molecule has 3 rings (SSSR count). The summed E-state index contributed by atoms with van der Waals surface area (Å²) in [4.78, 5) is 4.83. The van der Waals surface area contributed by atoms with Gasteiger partial charge >= 0.3 is 6.18 Å². The van der Waals surface area contributed by atoms with Crippen LogP contribution in [0.25, 0.3) is 10.8 Å². The topological polar surface area (TPSA) is 58.9 Å². The van der Waals surface area contributed by atoms with Crippen LogP contribution in [0, 0.1) is 0 Å². The van der Waals surface area contributed by atoms with Crippen molar-refractivity contribution in [3.63, 3.8) is 0 Å². The Morgan fingerprint density at radius 1 is 0.962 bits per heavy atom. The van der Waals surface area contributed by atoms with Gasteiger partial charge in [0.2, 0.25) is 0 Å². The SMILES string of the molecule is O=S(O)c1c(ON=C(c2ccccc2)C(F)(F)F)ccc2ccccc12. The highest BCUT2D eigenvalue weighted by molar-refractivity contribution is 7.79. The summed E-state index contributed by atoms with van der Waals surface area (Å²) in [6, 6.07) is 16.5. The van der Waals surface area contributed by atoms with Crippen molar-refractivity contribution in [2.75, 3.05) is 0 Å². The Morgan fingerprint density at radius 2 is 1.62 bits per heavy atom. The van der Waals surface area contributed by atoms with Gasteiger partial charge in [-0.3, -0.25) is 0 Å². The van der Waals surface area contributed by atoms with E-state index in [1.165, 1.54) is 30.3 Å². The van der Waals surface area contributed by atoms with E-state index in [4.69, 9.17) is 4.84 Å². The van der Waals surface area contributed by atoms with Crippen molar-refractivity contribution >= 4 is 27.6 Å². The zero-order valence-corrected chi connectivity index (χ0v) is 13.9. The first-order valence-electron chi connectivity index (χ1n) is 7.38. The molecule has 0 radical (unpaired) electrons. The standard InChI is InChI=1S/C18H12F3NO3S/c19-18(20,21)17(13-7-2-1-3-8-13)22-25-15-11-10-12-6-4-5-9-14(12)16(15)26(23)24/h1-11H,(H,23,24). The highest BCUT2D eigenvalue weighted by Crippen LogP contribution is 2.31. The molecule has 0 aromatic heterocycles. The Hall–Kier alpha value is -2.71. The fourth-order valence-corrected chi connectivity index (χ4v) is 3.09. The first-order valence-corrected chi connectivity index (χ1v) is 8.49. The van der Waals surface area contributed by atoms with Gasteiger partial charge < -0.3 is 9.39 Å². The lowest BCUT2D eigenvalue weighted by molar-refractivity contribution is -0.0598. The van der Waals surface area contributed by atoms with Crippen molar-refractivity contribution in [3.8, 4) is 5.75 Å². The summed E-state index contributed by atoms with van der Waals surface area (Å²) in [5.74, 6) is -0.220. The molecule has 0 saturated heterocycles. The summed E-state index contributed by atoms with van der Waals surface area (Å²) in [5.41, 5.74) is -1.41. The van der Waals surface area contributed by atoms with Crippen LogP contribution in [0.2, 0.25) is 0 Å². The maximum Gasteiger partial charge on any atom is 0.437 e. The van der Waals surface area contributed by atoms with Gasteiger partial charge in [-0.1, -0.05) is 65.8 Å². The number of rotatable bonds is 4. The second-order valence-corrected chi connectivity index (χ2v) is 6.16. The Bertz CT molecular complexity index is 988. The van der Waals surface area contributed by atoms with Gasteiger partial charge in [0.05, 0.1) is 0 Å². The predicted molar refractivity (Wildman–Crippen MR) is 92.6 cm³/mol. The molecular formula is C18H12F3NO3S. The Balaban J connectivity index is 2.08. The molecule has 1 unspecified atom stereocenters. The van der Waals surface area contributed by atoms with Crippen molar-refractivity contribution in [2.45, 2.75) is 11.1 Å². The second-order valence-electron chi connectivity index (χ2n) is 5.26. The average molecular weight is 379 g/mol. The van der Waals surface area contributed by atoms with E-state index in [2.05, 4.69) is 5.16 Å². The fraction of sp³-hybridized carbons (Fsp3) is 0.0556. The molecule has 0 aliphatic heterocycles. The number of benzene rings is 3. The Morgan fingerprint density at radius 3 is 2.27 bits per heavy atom. The van der Waals surface area contributed by atoms with E-state index in [-0.39, 0.29) is 16.2 Å². The van der Waals surface area contributed by atoms with Crippen LogP contribution in [0.3, 0.4) is 0 Å². The van der Waals surface area contributed by atoms with E-state index >= 15 is 0 Å². The molecule has 3 aromatic carbocycles. The van der Waals surface area contributed by atoms with Crippen molar-refractivity contribution in [1.82, 2.24) is 0 Å². The van der Waals surface area contributed by atoms with E-state index in [1.807, 2.05) is 0 Å². The molecule has 0 aliphatic rings. The third kappa shape index (κ3) is 3.76. The lowest BCUT2D eigenvalue weighted by Gasteiger charge is -2.12. The molecule has 0 amide bonds. The van der Waals surface area contributed by atoms with Gasteiger partial charge in [-0.05, 0) is 11.5 Å². The van der Waals surface area contributed by atoms with Crippen LogP contribution in [0.5, 0.6) is 5.75 Å². The molecule has 1 N–H and O–H groups in total. The van der Waals surface area contributed by atoms with Crippen molar-refractivity contribution in [3.05, 3.63) is 72.3 Å². The van der Waals surface area contributed by atoms with E-state index < -0.39 is 23.0 Å². The third-order valence-electron chi connectivity index (χ3n) is 3.57. The van der Waals surface area contributed by atoms with Crippen molar-refractivity contribution in [2.24, 2.45) is 5.16 Å². The molecule has 0 aliphatic carbocycles. The summed E-state index contributed by atoms with van der Waals surface area (Å²) < 4.78 is 61.2. The number of fused-ring (bicyclic) bond motifs is 1. The molecule has 134 valence electrons. The van der Waals surface area contributed by atoms with E-state index in [0.717, 1.165) is 0 Å². The van der Waals surface area contributed by atoms with Crippen molar-refractivity contribution < 1.29 is 26.8 Å². The van der Waals surface area contributed by atoms with Crippen LogP contribution < -0.4 is 4.84 Å². The highest BCUT2D eigenvalue weighted by Gasteiger charge is 2.38. The van der Waals surface area contributed by atoms with Crippen molar-refractivity contribution in [1.29, 1.82) is 0 Å². The number of halogens is 3. The van der Waals surface area contributed by atoms with E-state index in [1.54, 1.807) is 36.4 Å². The summed E-state index contributed by atoms with van der Waals surface area (Å²) in [6.45, 7) is 0. The Kier molecular flexibility index (Phi) is 5.06. The zero-order valence-electron chi connectivity index (χ0n) is 13.1. The maximum atomic E-state index is 13.3. The minimum absolute atomic E-state index is 0.138. The summed E-state index contributed by atoms with van der Waals surface area (Å²) in [7, 11) is 0. The van der Waals surface area contributed by atoms with Gasteiger partial charge in [0.15, 0.2) is 22.5 Å². The first-order chi connectivity index (χ1) is 12.4. The lowest BCUT2D eigenvalue weighted by atomic mass is 10.1. The maximum absolute atomic E-state index is 13.3. The summed E-state index contributed by atoms with van der Waals surface area (Å²) in [6.07, 6.45) is -4.75. The van der Waals surface area contributed by atoms with Gasteiger partial charge in [-0.25, -0.2) is 4.21 Å².